The van der Waals surface area contributed by atoms with E-state index in [1.165, 1.54) is 0 Å². The molecule has 0 aromatic carbocycles. The van der Waals surface area contributed by atoms with E-state index in [0.29, 0.717) is 19.4 Å². The van der Waals surface area contributed by atoms with Crippen molar-refractivity contribution in [2.75, 3.05) is 0 Å². The Hall–Kier alpha value is -1.91. The SMILES string of the molecule is CCC1(C)NC(=O)CC(C)N(Cc2ncccc2C)C1=O. The third kappa shape index (κ3) is 3.06. The van der Waals surface area contributed by atoms with Gasteiger partial charge in [0, 0.05) is 18.7 Å². The van der Waals surface area contributed by atoms with Crippen molar-refractivity contribution in [1.82, 2.24) is 15.2 Å². The molecule has 1 aromatic heterocycles. The van der Waals surface area contributed by atoms with Crippen LogP contribution in [0.3, 0.4) is 0 Å². The molecule has 1 saturated heterocycles. The Balaban J connectivity index is 2.33. The van der Waals surface area contributed by atoms with Crippen LogP contribution in [0.5, 0.6) is 0 Å². The van der Waals surface area contributed by atoms with E-state index in [1.807, 2.05) is 32.9 Å². The highest BCUT2D eigenvalue weighted by molar-refractivity contribution is 5.93. The zero-order valence-corrected chi connectivity index (χ0v) is 13.1. The average molecular weight is 289 g/mol. The number of carbonyl (C=O) groups excluding carboxylic acids is 2. The molecule has 2 heterocycles. The minimum absolute atomic E-state index is 0.0339. The first-order chi connectivity index (χ1) is 9.87. The van der Waals surface area contributed by atoms with E-state index >= 15 is 0 Å². The van der Waals surface area contributed by atoms with E-state index in [0.717, 1.165) is 11.3 Å². The number of carbonyl (C=O) groups is 2. The maximum atomic E-state index is 12.9. The average Bonchev–Trinajstić information content (AvgIpc) is 2.51. The lowest BCUT2D eigenvalue weighted by Gasteiger charge is -2.33. The first-order valence-electron chi connectivity index (χ1n) is 7.40. The Morgan fingerprint density at radius 1 is 1.48 bits per heavy atom. The van der Waals surface area contributed by atoms with Gasteiger partial charge in [-0.3, -0.25) is 14.6 Å². The molecule has 1 aliphatic rings. The van der Waals surface area contributed by atoms with Crippen LogP contribution >= 0.6 is 0 Å². The second-order valence-corrected chi connectivity index (χ2v) is 5.99. The summed E-state index contributed by atoms with van der Waals surface area (Å²) in [4.78, 5) is 31.0. The highest BCUT2D eigenvalue weighted by atomic mass is 16.2. The third-order valence-electron chi connectivity index (χ3n) is 4.31. The lowest BCUT2D eigenvalue weighted by molar-refractivity contribution is -0.140. The molecular weight excluding hydrogens is 266 g/mol. The van der Waals surface area contributed by atoms with Crippen molar-refractivity contribution in [3.05, 3.63) is 29.6 Å². The topological polar surface area (TPSA) is 62.3 Å². The smallest absolute Gasteiger partial charge is 0.248 e. The van der Waals surface area contributed by atoms with Crippen molar-refractivity contribution >= 4 is 11.8 Å². The van der Waals surface area contributed by atoms with Crippen molar-refractivity contribution in [2.24, 2.45) is 0 Å². The maximum Gasteiger partial charge on any atom is 0.248 e. The molecule has 5 nitrogen and oxygen atoms in total. The summed E-state index contributed by atoms with van der Waals surface area (Å²) < 4.78 is 0. The largest absolute Gasteiger partial charge is 0.342 e. The van der Waals surface area contributed by atoms with Crippen molar-refractivity contribution in [3.8, 4) is 0 Å². The Bertz CT molecular complexity index is 558. The van der Waals surface area contributed by atoms with Crippen LogP contribution in [0.1, 0.15) is 44.9 Å². The molecule has 2 amide bonds. The first-order valence-corrected chi connectivity index (χ1v) is 7.40. The number of hydrogen-bond donors (Lipinski definition) is 1. The number of aryl methyl sites for hydroxylation is 1. The number of nitrogens with zero attached hydrogens (tertiary/aromatic N) is 2. The number of rotatable bonds is 3. The van der Waals surface area contributed by atoms with Crippen LogP contribution in [-0.4, -0.2) is 33.3 Å². The predicted molar refractivity (Wildman–Crippen MR) is 80.4 cm³/mol. The van der Waals surface area contributed by atoms with E-state index < -0.39 is 5.54 Å². The normalized spacial score (nSPS) is 26.5. The van der Waals surface area contributed by atoms with Gasteiger partial charge in [-0.15, -0.1) is 0 Å². The maximum absolute atomic E-state index is 12.9. The predicted octanol–water partition coefficient (Wildman–Crippen LogP) is 1.80. The highest BCUT2D eigenvalue weighted by Gasteiger charge is 2.41. The quantitative estimate of drug-likeness (QED) is 0.923. The van der Waals surface area contributed by atoms with Gasteiger partial charge in [-0.1, -0.05) is 13.0 Å². The van der Waals surface area contributed by atoms with Gasteiger partial charge in [0.15, 0.2) is 0 Å². The van der Waals surface area contributed by atoms with Crippen molar-refractivity contribution in [1.29, 1.82) is 0 Å². The minimum atomic E-state index is -0.829. The monoisotopic (exact) mass is 289 g/mol. The lowest BCUT2D eigenvalue weighted by atomic mass is 9.97. The van der Waals surface area contributed by atoms with Gasteiger partial charge in [0.1, 0.15) is 5.54 Å². The fourth-order valence-electron chi connectivity index (χ4n) is 2.62. The molecule has 2 rings (SSSR count). The second-order valence-electron chi connectivity index (χ2n) is 5.99. The molecule has 114 valence electrons. The number of nitrogens with one attached hydrogen (secondary N) is 1. The number of amides is 2. The minimum Gasteiger partial charge on any atom is -0.342 e. The third-order valence-corrected chi connectivity index (χ3v) is 4.31. The van der Waals surface area contributed by atoms with Gasteiger partial charge in [-0.25, -0.2) is 0 Å². The zero-order chi connectivity index (χ0) is 15.6. The van der Waals surface area contributed by atoms with E-state index in [4.69, 9.17) is 0 Å². The molecule has 5 heteroatoms. The summed E-state index contributed by atoms with van der Waals surface area (Å²) in [6.45, 7) is 8.05. The molecule has 0 radical (unpaired) electrons. The summed E-state index contributed by atoms with van der Waals surface area (Å²) in [6, 6.07) is 3.73. The van der Waals surface area contributed by atoms with Gasteiger partial charge in [0.05, 0.1) is 12.2 Å². The van der Waals surface area contributed by atoms with Crippen LogP contribution < -0.4 is 5.32 Å². The van der Waals surface area contributed by atoms with Gasteiger partial charge in [0.2, 0.25) is 11.8 Å². The lowest BCUT2D eigenvalue weighted by Crippen LogP contribution is -2.55. The molecular formula is C16H23N3O2. The molecule has 21 heavy (non-hydrogen) atoms. The molecule has 0 bridgehead atoms. The number of aromatic nitrogens is 1. The van der Waals surface area contributed by atoms with Gasteiger partial charge < -0.3 is 10.2 Å². The van der Waals surface area contributed by atoms with Crippen molar-refractivity contribution in [2.45, 2.75) is 58.7 Å². The molecule has 0 spiro atoms. The van der Waals surface area contributed by atoms with Gasteiger partial charge in [0.25, 0.3) is 0 Å². The molecule has 0 aliphatic carbocycles. The van der Waals surface area contributed by atoms with Gasteiger partial charge >= 0.3 is 0 Å². The van der Waals surface area contributed by atoms with Crippen molar-refractivity contribution < 1.29 is 9.59 Å². The van der Waals surface area contributed by atoms with E-state index in [1.54, 1.807) is 18.0 Å². The fraction of sp³-hybridized carbons (Fsp3) is 0.562. The standard InChI is InChI=1S/C16H23N3O2/c1-5-16(4)15(21)19(12(3)9-14(20)18-16)10-13-11(2)7-6-8-17-13/h6-8,12H,5,9-10H2,1-4H3,(H,18,20). The molecule has 1 N–H and O–H groups in total. The summed E-state index contributed by atoms with van der Waals surface area (Å²) in [7, 11) is 0. The van der Waals surface area contributed by atoms with Gasteiger partial charge in [-0.2, -0.15) is 0 Å². The molecule has 2 unspecified atom stereocenters. The van der Waals surface area contributed by atoms with E-state index in [-0.39, 0.29) is 17.9 Å². The van der Waals surface area contributed by atoms with Crippen LogP contribution in [0.2, 0.25) is 0 Å². The summed E-state index contributed by atoms with van der Waals surface area (Å²) in [5.41, 5.74) is 1.11. The molecule has 2 atom stereocenters. The fourth-order valence-corrected chi connectivity index (χ4v) is 2.62. The van der Waals surface area contributed by atoms with Gasteiger partial charge in [-0.05, 0) is 38.8 Å². The Morgan fingerprint density at radius 2 is 2.19 bits per heavy atom. The summed E-state index contributed by atoms with van der Waals surface area (Å²) in [5, 5.41) is 2.86. The van der Waals surface area contributed by atoms with Crippen LogP contribution in [0.25, 0.3) is 0 Å². The molecule has 0 saturated carbocycles. The summed E-state index contributed by atoms with van der Waals surface area (Å²) in [5.74, 6) is -0.103. The number of hydrogen-bond acceptors (Lipinski definition) is 3. The first kappa shape index (κ1) is 15.5. The highest BCUT2D eigenvalue weighted by Crippen LogP contribution is 2.23. The molecule has 1 aliphatic heterocycles. The molecule has 1 aromatic rings. The Kier molecular flexibility index (Phi) is 4.30. The van der Waals surface area contributed by atoms with Crippen LogP contribution in [0, 0.1) is 6.92 Å². The summed E-state index contributed by atoms with van der Waals surface area (Å²) in [6.07, 6.45) is 2.63. The Morgan fingerprint density at radius 3 is 2.81 bits per heavy atom. The Labute approximate surface area is 125 Å². The summed E-state index contributed by atoms with van der Waals surface area (Å²) >= 11 is 0. The number of pyridine rings is 1. The van der Waals surface area contributed by atoms with Crippen molar-refractivity contribution in [3.63, 3.8) is 0 Å². The van der Waals surface area contributed by atoms with E-state index in [9.17, 15) is 9.59 Å². The van der Waals surface area contributed by atoms with Crippen LogP contribution in [0.15, 0.2) is 18.3 Å². The van der Waals surface area contributed by atoms with Crippen LogP contribution in [0.4, 0.5) is 0 Å². The van der Waals surface area contributed by atoms with Crippen LogP contribution in [-0.2, 0) is 16.1 Å². The van der Waals surface area contributed by atoms with E-state index in [2.05, 4.69) is 10.3 Å². The zero-order valence-electron chi connectivity index (χ0n) is 13.1. The molecule has 1 fully saturated rings. The second kappa shape index (κ2) is 5.84.